The van der Waals surface area contributed by atoms with E-state index < -0.39 is 0 Å². The van der Waals surface area contributed by atoms with Crippen LogP contribution in [0.3, 0.4) is 0 Å². The maximum absolute atomic E-state index is 4.72. The normalized spacial score (nSPS) is 11.2. The minimum Gasteiger partial charge on any atom is -0.323 e. The summed E-state index contributed by atoms with van der Waals surface area (Å²) in [6.07, 6.45) is 10.9. The van der Waals surface area contributed by atoms with Crippen molar-refractivity contribution in [3.05, 3.63) is 79.1 Å². The van der Waals surface area contributed by atoms with Crippen LogP contribution in [0.1, 0.15) is 25.3 Å². The quantitative estimate of drug-likeness (QED) is 0.456. The lowest BCUT2D eigenvalue weighted by molar-refractivity contribution is 0.843. The van der Waals surface area contributed by atoms with Crippen LogP contribution in [-0.2, 0) is 0 Å². The Labute approximate surface area is 179 Å². The van der Waals surface area contributed by atoms with Gasteiger partial charge in [0, 0.05) is 29.7 Å². The van der Waals surface area contributed by atoms with Gasteiger partial charge < -0.3 is 5.32 Å². The molecular formula is C23H20N8. The highest BCUT2D eigenvalue weighted by atomic mass is 15.3. The number of anilines is 2. The van der Waals surface area contributed by atoms with E-state index in [1.807, 2.05) is 55.0 Å². The van der Waals surface area contributed by atoms with Crippen molar-refractivity contribution >= 4 is 22.7 Å². The molecule has 31 heavy (non-hydrogen) atoms. The van der Waals surface area contributed by atoms with Crippen LogP contribution >= 0.6 is 0 Å². The van der Waals surface area contributed by atoms with Crippen molar-refractivity contribution in [2.75, 3.05) is 5.32 Å². The standard InChI is InChI=1S/C23H20N8/c1-15(2)16-9-23(30-26-11-16)29-22-6-5-20-21(28-22)8-17(10-25-20)18-12-27-31(14-18)19-4-3-7-24-13-19/h3-15H,1-2H3,(H,28,29,30). The molecule has 1 N–H and O–H groups in total. The van der Waals surface area contributed by atoms with Gasteiger partial charge >= 0.3 is 0 Å². The summed E-state index contributed by atoms with van der Waals surface area (Å²) < 4.78 is 1.79. The number of aromatic nitrogens is 7. The number of pyridine rings is 3. The van der Waals surface area contributed by atoms with Crippen LogP contribution in [0.2, 0.25) is 0 Å². The molecule has 152 valence electrons. The zero-order chi connectivity index (χ0) is 21.2. The Morgan fingerprint density at radius 1 is 0.903 bits per heavy atom. The van der Waals surface area contributed by atoms with Crippen molar-refractivity contribution in [1.29, 1.82) is 0 Å². The Hall–Kier alpha value is -4.20. The number of nitrogens with zero attached hydrogens (tertiary/aromatic N) is 7. The lowest BCUT2D eigenvalue weighted by Gasteiger charge is -2.09. The first-order valence-electron chi connectivity index (χ1n) is 9.97. The van der Waals surface area contributed by atoms with Crippen LogP contribution in [0, 0.1) is 0 Å². The minimum atomic E-state index is 0.375. The predicted octanol–water partition coefficient (Wildman–Crippen LogP) is 4.53. The molecule has 0 atom stereocenters. The van der Waals surface area contributed by atoms with Crippen molar-refractivity contribution in [3.63, 3.8) is 0 Å². The molecule has 0 bridgehead atoms. The molecule has 5 aromatic heterocycles. The predicted molar refractivity (Wildman–Crippen MR) is 119 cm³/mol. The average Bonchev–Trinajstić information content (AvgIpc) is 3.30. The summed E-state index contributed by atoms with van der Waals surface area (Å²) >= 11 is 0. The van der Waals surface area contributed by atoms with Crippen LogP contribution < -0.4 is 5.32 Å². The molecule has 0 unspecified atom stereocenters. The van der Waals surface area contributed by atoms with Gasteiger partial charge in [-0.2, -0.15) is 10.2 Å². The first kappa shape index (κ1) is 18.8. The Morgan fingerprint density at radius 3 is 2.68 bits per heavy atom. The van der Waals surface area contributed by atoms with Crippen LogP contribution in [0.4, 0.5) is 11.6 Å². The maximum Gasteiger partial charge on any atom is 0.154 e. The number of hydrogen-bond acceptors (Lipinski definition) is 7. The molecule has 8 nitrogen and oxygen atoms in total. The zero-order valence-electron chi connectivity index (χ0n) is 17.1. The van der Waals surface area contributed by atoms with Gasteiger partial charge in [-0.25, -0.2) is 9.67 Å². The first-order valence-corrected chi connectivity index (χ1v) is 9.97. The van der Waals surface area contributed by atoms with E-state index in [0.29, 0.717) is 17.6 Å². The highest BCUT2D eigenvalue weighted by Crippen LogP contribution is 2.24. The molecule has 0 spiro atoms. The Balaban J connectivity index is 1.45. The minimum absolute atomic E-state index is 0.375. The molecule has 0 aliphatic carbocycles. The number of nitrogens with one attached hydrogen (secondary N) is 1. The molecule has 8 heteroatoms. The summed E-state index contributed by atoms with van der Waals surface area (Å²) in [5.41, 5.74) is 5.51. The molecule has 5 rings (SSSR count). The average molecular weight is 408 g/mol. The second-order valence-corrected chi connectivity index (χ2v) is 7.50. The Morgan fingerprint density at radius 2 is 1.84 bits per heavy atom. The number of fused-ring (bicyclic) bond motifs is 1. The summed E-state index contributed by atoms with van der Waals surface area (Å²) in [5, 5.41) is 15.9. The van der Waals surface area contributed by atoms with Crippen molar-refractivity contribution in [3.8, 4) is 16.8 Å². The topological polar surface area (TPSA) is 94.3 Å². The lowest BCUT2D eigenvalue weighted by Crippen LogP contribution is -2.00. The van der Waals surface area contributed by atoms with E-state index >= 15 is 0 Å². The lowest BCUT2D eigenvalue weighted by atomic mass is 10.1. The second kappa shape index (κ2) is 7.91. The van der Waals surface area contributed by atoms with Gasteiger partial charge in [0.2, 0.25) is 0 Å². The van der Waals surface area contributed by atoms with Crippen LogP contribution in [0.25, 0.3) is 27.8 Å². The van der Waals surface area contributed by atoms with Crippen LogP contribution in [0.15, 0.2) is 73.6 Å². The highest BCUT2D eigenvalue weighted by Gasteiger charge is 2.08. The molecule has 0 fully saturated rings. The van der Waals surface area contributed by atoms with Gasteiger partial charge in [0.05, 0.1) is 35.3 Å². The van der Waals surface area contributed by atoms with E-state index in [2.05, 4.69) is 44.4 Å². The second-order valence-electron chi connectivity index (χ2n) is 7.50. The Bertz CT molecular complexity index is 1340. The number of hydrogen-bond donors (Lipinski definition) is 1. The molecule has 0 aliphatic rings. The van der Waals surface area contributed by atoms with E-state index in [1.165, 1.54) is 0 Å². The smallest absolute Gasteiger partial charge is 0.154 e. The molecule has 0 aliphatic heterocycles. The van der Waals surface area contributed by atoms with Crippen LogP contribution in [-0.4, -0.2) is 34.9 Å². The van der Waals surface area contributed by atoms with E-state index in [1.54, 1.807) is 23.3 Å². The van der Waals surface area contributed by atoms with E-state index in [9.17, 15) is 0 Å². The Kier molecular flexibility index (Phi) is 4.80. The molecule has 0 radical (unpaired) electrons. The first-order chi connectivity index (χ1) is 15.2. The molecule has 5 heterocycles. The van der Waals surface area contributed by atoms with E-state index in [-0.39, 0.29) is 0 Å². The fourth-order valence-corrected chi connectivity index (χ4v) is 3.23. The van der Waals surface area contributed by atoms with E-state index in [4.69, 9.17) is 4.98 Å². The number of rotatable bonds is 5. The van der Waals surface area contributed by atoms with Gasteiger partial charge in [-0.15, -0.1) is 5.10 Å². The van der Waals surface area contributed by atoms with Gasteiger partial charge in [-0.1, -0.05) is 13.8 Å². The summed E-state index contributed by atoms with van der Waals surface area (Å²) in [7, 11) is 0. The van der Waals surface area contributed by atoms with Gasteiger partial charge in [0.25, 0.3) is 0 Å². The van der Waals surface area contributed by atoms with Crippen molar-refractivity contribution in [2.24, 2.45) is 0 Å². The molecule has 0 saturated carbocycles. The third kappa shape index (κ3) is 3.95. The van der Waals surface area contributed by atoms with Gasteiger partial charge in [-0.05, 0) is 47.9 Å². The largest absolute Gasteiger partial charge is 0.323 e. The third-order valence-corrected chi connectivity index (χ3v) is 4.96. The van der Waals surface area contributed by atoms with Gasteiger partial charge in [0.15, 0.2) is 5.82 Å². The van der Waals surface area contributed by atoms with E-state index in [0.717, 1.165) is 33.4 Å². The maximum atomic E-state index is 4.72. The summed E-state index contributed by atoms with van der Waals surface area (Å²) in [6.45, 7) is 4.25. The fraction of sp³-hybridized carbons (Fsp3) is 0.130. The fourth-order valence-electron chi connectivity index (χ4n) is 3.23. The molecule has 0 amide bonds. The molecule has 5 aromatic rings. The monoisotopic (exact) mass is 408 g/mol. The van der Waals surface area contributed by atoms with Gasteiger partial charge in [-0.3, -0.25) is 9.97 Å². The van der Waals surface area contributed by atoms with Crippen LogP contribution in [0.5, 0.6) is 0 Å². The summed E-state index contributed by atoms with van der Waals surface area (Å²) in [5.74, 6) is 1.73. The molecule has 0 saturated heterocycles. The SMILES string of the molecule is CC(C)c1cnnc(Nc2ccc3ncc(-c4cnn(-c5cccnc5)c4)cc3n2)c1. The summed E-state index contributed by atoms with van der Waals surface area (Å²) in [4.78, 5) is 13.4. The van der Waals surface area contributed by atoms with Crippen molar-refractivity contribution in [1.82, 2.24) is 34.9 Å². The molecule has 0 aromatic carbocycles. The third-order valence-electron chi connectivity index (χ3n) is 4.96. The highest BCUT2D eigenvalue weighted by molar-refractivity contribution is 5.81. The molecular weight excluding hydrogens is 388 g/mol. The van der Waals surface area contributed by atoms with Gasteiger partial charge in [0.1, 0.15) is 5.82 Å². The zero-order valence-corrected chi connectivity index (χ0v) is 17.1. The van der Waals surface area contributed by atoms with Crippen molar-refractivity contribution < 1.29 is 0 Å². The van der Waals surface area contributed by atoms with Crippen molar-refractivity contribution in [2.45, 2.75) is 19.8 Å². The summed E-state index contributed by atoms with van der Waals surface area (Å²) in [6, 6.07) is 11.7.